The van der Waals surface area contributed by atoms with Gasteiger partial charge in [-0.1, -0.05) is 23.9 Å². The number of ether oxygens (including phenoxy) is 1. The van der Waals surface area contributed by atoms with Crippen LogP contribution in [0.25, 0.3) is 0 Å². The minimum atomic E-state index is 0.569. The van der Waals surface area contributed by atoms with Crippen LogP contribution in [-0.4, -0.2) is 27.5 Å². The van der Waals surface area contributed by atoms with Gasteiger partial charge in [0.25, 0.3) is 5.22 Å². The van der Waals surface area contributed by atoms with Crippen molar-refractivity contribution in [2.75, 3.05) is 12.4 Å². The summed E-state index contributed by atoms with van der Waals surface area (Å²) in [6.45, 7) is 4.63. The number of aromatic nitrogens is 3. The van der Waals surface area contributed by atoms with Gasteiger partial charge in [0.05, 0.1) is 23.7 Å². The van der Waals surface area contributed by atoms with Gasteiger partial charge in [0.15, 0.2) is 0 Å². The molecule has 0 spiro atoms. The van der Waals surface area contributed by atoms with Gasteiger partial charge in [-0.15, -0.1) is 21.5 Å². The predicted octanol–water partition coefficient (Wildman–Crippen LogP) is 3.90. The molecule has 0 bridgehead atoms. The quantitative estimate of drug-likeness (QED) is 0.477. The van der Waals surface area contributed by atoms with Crippen LogP contribution in [0.1, 0.15) is 22.2 Å². The lowest BCUT2D eigenvalue weighted by atomic mass is 10.2. The van der Waals surface area contributed by atoms with Gasteiger partial charge in [-0.3, -0.25) is 0 Å². The van der Waals surface area contributed by atoms with E-state index in [1.54, 1.807) is 11.3 Å². The van der Waals surface area contributed by atoms with Crippen LogP contribution in [-0.2, 0) is 6.42 Å². The predicted molar refractivity (Wildman–Crippen MR) is 91.4 cm³/mol. The third kappa shape index (κ3) is 4.80. The van der Waals surface area contributed by atoms with E-state index in [-0.39, 0.29) is 0 Å². The number of benzene rings is 1. The monoisotopic (exact) mass is 347 g/mol. The molecule has 0 fully saturated rings. The van der Waals surface area contributed by atoms with Crippen molar-refractivity contribution in [2.24, 2.45) is 0 Å². The van der Waals surface area contributed by atoms with Gasteiger partial charge in [-0.25, -0.2) is 4.98 Å². The molecule has 0 amide bonds. The molecule has 0 unspecified atom stereocenters. The van der Waals surface area contributed by atoms with Crippen molar-refractivity contribution < 1.29 is 9.15 Å². The fraction of sp³-hybridized carbons (Fsp3) is 0.312. The first kappa shape index (κ1) is 16.0. The molecular weight excluding hydrogens is 330 g/mol. The number of hydrogen-bond acceptors (Lipinski definition) is 7. The van der Waals surface area contributed by atoms with Crippen molar-refractivity contribution in [1.29, 1.82) is 0 Å². The number of aryl methyl sites for hydroxylation is 2. The molecule has 3 rings (SSSR count). The molecule has 0 aliphatic heterocycles. The lowest BCUT2D eigenvalue weighted by Gasteiger charge is -2.05. The lowest BCUT2D eigenvalue weighted by Crippen LogP contribution is -2.00. The highest BCUT2D eigenvalue weighted by molar-refractivity contribution is 7.99. The normalized spacial score (nSPS) is 10.9. The summed E-state index contributed by atoms with van der Waals surface area (Å²) in [7, 11) is 0. The number of nitrogens with zero attached hydrogens (tertiary/aromatic N) is 3. The smallest absolute Gasteiger partial charge is 0.276 e. The molecule has 0 atom stereocenters. The zero-order valence-corrected chi connectivity index (χ0v) is 14.6. The van der Waals surface area contributed by atoms with Crippen LogP contribution in [0.2, 0.25) is 0 Å². The van der Waals surface area contributed by atoms with E-state index in [0.29, 0.717) is 24.1 Å². The van der Waals surface area contributed by atoms with Gasteiger partial charge >= 0.3 is 0 Å². The van der Waals surface area contributed by atoms with E-state index in [0.717, 1.165) is 22.2 Å². The second-order valence-corrected chi connectivity index (χ2v) is 7.12. The molecule has 0 N–H and O–H groups in total. The molecule has 0 radical (unpaired) electrons. The Morgan fingerprint density at radius 1 is 1.26 bits per heavy atom. The standard InChI is InChI=1S/C16H17N3O2S2/c1-11-4-3-5-14(8-11)20-6-7-22-16-19-18-15(21-16)9-13-10-23-12(2)17-13/h3-5,8,10H,6-7,9H2,1-2H3. The molecule has 3 aromatic rings. The molecule has 0 saturated carbocycles. The van der Waals surface area contributed by atoms with Crippen LogP contribution in [0, 0.1) is 13.8 Å². The summed E-state index contributed by atoms with van der Waals surface area (Å²) in [6.07, 6.45) is 0.581. The van der Waals surface area contributed by atoms with E-state index in [9.17, 15) is 0 Å². The van der Waals surface area contributed by atoms with Gasteiger partial charge in [0, 0.05) is 11.1 Å². The fourth-order valence-electron chi connectivity index (χ4n) is 2.01. The first-order chi connectivity index (χ1) is 11.2. The number of rotatable bonds is 7. The van der Waals surface area contributed by atoms with Crippen molar-refractivity contribution in [1.82, 2.24) is 15.2 Å². The van der Waals surface area contributed by atoms with E-state index < -0.39 is 0 Å². The summed E-state index contributed by atoms with van der Waals surface area (Å²) in [6, 6.07) is 8.01. The summed E-state index contributed by atoms with van der Waals surface area (Å²) in [5.74, 6) is 2.24. The van der Waals surface area contributed by atoms with Gasteiger partial charge in [-0.05, 0) is 31.5 Å². The number of thioether (sulfide) groups is 1. The number of hydrogen-bond donors (Lipinski definition) is 0. The van der Waals surface area contributed by atoms with Crippen molar-refractivity contribution in [3.05, 3.63) is 51.8 Å². The average molecular weight is 347 g/mol. The summed E-state index contributed by atoms with van der Waals surface area (Å²) >= 11 is 3.12. The summed E-state index contributed by atoms with van der Waals surface area (Å²) in [5, 5.41) is 11.7. The van der Waals surface area contributed by atoms with Crippen molar-refractivity contribution in [2.45, 2.75) is 25.5 Å². The first-order valence-electron chi connectivity index (χ1n) is 7.25. The second kappa shape index (κ2) is 7.61. The Balaban J connectivity index is 1.44. The molecule has 2 heterocycles. The highest BCUT2D eigenvalue weighted by Crippen LogP contribution is 2.19. The minimum absolute atomic E-state index is 0.569. The minimum Gasteiger partial charge on any atom is -0.493 e. The summed E-state index contributed by atoms with van der Waals surface area (Å²) < 4.78 is 11.3. The Hall–Kier alpha value is -1.86. The van der Waals surface area contributed by atoms with Gasteiger partial charge in [0.2, 0.25) is 5.89 Å². The van der Waals surface area contributed by atoms with Crippen LogP contribution in [0.5, 0.6) is 5.75 Å². The zero-order chi connectivity index (χ0) is 16.1. The maximum atomic E-state index is 5.69. The van der Waals surface area contributed by atoms with E-state index in [2.05, 4.69) is 15.2 Å². The van der Waals surface area contributed by atoms with E-state index in [1.165, 1.54) is 17.3 Å². The highest BCUT2D eigenvalue weighted by Gasteiger charge is 2.09. The van der Waals surface area contributed by atoms with E-state index in [4.69, 9.17) is 9.15 Å². The maximum Gasteiger partial charge on any atom is 0.276 e. The Morgan fingerprint density at radius 2 is 2.17 bits per heavy atom. The third-order valence-electron chi connectivity index (χ3n) is 3.01. The van der Waals surface area contributed by atoms with Crippen LogP contribution < -0.4 is 4.74 Å². The molecule has 2 aromatic heterocycles. The fourth-order valence-corrected chi connectivity index (χ4v) is 3.21. The molecule has 0 saturated heterocycles. The molecule has 7 heteroatoms. The van der Waals surface area contributed by atoms with Crippen LogP contribution in [0.3, 0.4) is 0 Å². The van der Waals surface area contributed by atoms with Gasteiger partial charge in [-0.2, -0.15) is 0 Å². The van der Waals surface area contributed by atoms with E-state index >= 15 is 0 Å². The second-order valence-electron chi connectivity index (χ2n) is 5.01. The van der Waals surface area contributed by atoms with Crippen molar-refractivity contribution >= 4 is 23.1 Å². The topological polar surface area (TPSA) is 61.0 Å². The molecule has 0 aliphatic carbocycles. The largest absolute Gasteiger partial charge is 0.493 e. The Kier molecular flexibility index (Phi) is 5.30. The molecule has 0 aliphatic rings. The maximum absolute atomic E-state index is 5.69. The zero-order valence-electron chi connectivity index (χ0n) is 13.0. The molecule has 23 heavy (non-hydrogen) atoms. The van der Waals surface area contributed by atoms with Crippen LogP contribution in [0.15, 0.2) is 39.3 Å². The summed E-state index contributed by atoms with van der Waals surface area (Å²) in [4.78, 5) is 4.40. The third-order valence-corrected chi connectivity index (χ3v) is 4.62. The molecule has 1 aromatic carbocycles. The Bertz CT molecular complexity index is 770. The molecule has 120 valence electrons. The SMILES string of the molecule is Cc1cccc(OCCSc2nnc(Cc3csc(C)n3)o2)c1. The molecular formula is C16H17N3O2S2. The van der Waals surface area contributed by atoms with Gasteiger partial charge in [0.1, 0.15) is 5.75 Å². The van der Waals surface area contributed by atoms with Crippen LogP contribution >= 0.6 is 23.1 Å². The summed E-state index contributed by atoms with van der Waals surface area (Å²) in [5.41, 5.74) is 2.16. The van der Waals surface area contributed by atoms with Crippen molar-refractivity contribution in [3.8, 4) is 5.75 Å². The number of thiazole rings is 1. The first-order valence-corrected chi connectivity index (χ1v) is 9.11. The Labute approximate surface area is 143 Å². The average Bonchev–Trinajstić information content (AvgIpc) is 3.13. The lowest BCUT2D eigenvalue weighted by molar-refractivity contribution is 0.342. The molecule has 5 nitrogen and oxygen atoms in total. The van der Waals surface area contributed by atoms with E-state index in [1.807, 2.05) is 43.5 Å². The van der Waals surface area contributed by atoms with Gasteiger partial charge < -0.3 is 9.15 Å². The van der Waals surface area contributed by atoms with Crippen molar-refractivity contribution in [3.63, 3.8) is 0 Å². The van der Waals surface area contributed by atoms with Crippen LogP contribution in [0.4, 0.5) is 0 Å². The Morgan fingerprint density at radius 3 is 2.96 bits per heavy atom. The highest BCUT2D eigenvalue weighted by atomic mass is 32.2.